The van der Waals surface area contributed by atoms with E-state index in [2.05, 4.69) is 0 Å². The van der Waals surface area contributed by atoms with E-state index < -0.39 is 11.3 Å². The summed E-state index contributed by atoms with van der Waals surface area (Å²) in [5.41, 5.74) is 4.47. The molecule has 0 saturated carbocycles. The molecule has 0 spiro atoms. The highest BCUT2D eigenvalue weighted by Crippen LogP contribution is 2.29. The molecule has 4 N–H and O–H groups in total. The van der Waals surface area contributed by atoms with E-state index in [0.717, 1.165) is 0 Å². The van der Waals surface area contributed by atoms with Crippen molar-refractivity contribution in [2.45, 2.75) is 26.2 Å². The maximum atomic E-state index is 11.0. The van der Waals surface area contributed by atoms with Crippen LogP contribution in [-0.4, -0.2) is 29.3 Å². The molecule has 0 fully saturated rings. The van der Waals surface area contributed by atoms with E-state index in [1.54, 1.807) is 0 Å². The van der Waals surface area contributed by atoms with Gasteiger partial charge in [-0.25, -0.2) is 0 Å². The summed E-state index contributed by atoms with van der Waals surface area (Å²) in [6.07, 6.45) is 1.22. The number of primary amides is 1. The van der Waals surface area contributed by atoms with E-state index in [4.69, 9.17) is 15.9 Å². The first kappa shape index (κ1) is 11.4. The number of nitrogens with two attached hydrogens (primary N) is 1. The molecule has 0 unspecified atom stereocenters. The summed E-state index contributed by atoms with van der Waals surface area (Å²) in [6, 6.07) is 0. The van der Waals surface area contributed by atoms with Gasteiger partial charge in [0.15, 0.2) is 0 Å². The molecule has 0 heterocycles. The lowest BCUT2D eigenvalue weighted by molar-refractivity contribution is -0.129. The van der Waals surface area contributed by atoms with Gasteiger partial charge in [0.1, 0.15) is 0 Å². The van der Waals surface area contributed by atoms with E-state index in [1.165, 1.54) is 0 Å². The molecule has 0 saturated heterocycles. The molecule has 1 amide bonds. The molecule has 4 nitrogen and oxygen atoms in total. The Morgan fingerprint density at radius 1 is 1.33 bits per heavy atom. The van der Waals surface area contributed by atoms with Gasteiger partial charge in [0, 0.05) is 13.2 Å². The summed E-state index contributed by atoms with van der Waals surface area (Å²) >= 11 is 0. The zero-order valence-electron chi connectivity index (χ0n) is 7.42. The molecule has 0 aromatic carbocycles. The Morgan fingerprint density at radius 2 is 1.75 bits per heavy atom. The van der Waals surface area contributed by atoms with Crippen LogP contribution in [0.2, 0.25) is 0 Å². The van der Waals surface area contributed by atoms with Crippen molar-refractivity contribution in [1.29, 1.82) is 0 Å². The van der Waals surface area contributed by atoms with Crippen LogP contribution in [0.3, 0.4) is 0 Å². The number of aliphatic hydroxyl groups excluding tert-OH is 2. The van der Waals surface area contributed by atoms with Crippen LogP contribution in [0.15, 0.2) is 0 Å². The van der Waals surface area contributed by atoms with Gasteiger partial charge in [-0.05, 0) is 19.3 Å². The minimum atomic E-state index is -0.719. The lowest BCUT2D eigenvalue weighted by Crippen LogP contribution is -2.38. The maximum Gasteiger partial charge on any atom is 0.223 e. The largest absolute Gasteiger partial charge is 0.396 e. The van der Waals surface area contributed by atoms with Gasteiger partial charge < -0.3 is 15.9 Å². The van der Waals surface area contributed by atoms with E-state index in [0.29, 0.717) is 19.3 Å². The van der Waals surface area contributed by atoms with Gasteiger partial charge in [-0.2, -0.15) is 0 Å². The highest BCUT2D eigenvalue weighted by molar-refractivity contribution is 5.80. The molecular formula is C8H17NO3. The van der Waals surface area contributed by atoms with Crippen molar-refractivity contribution in [3.63, 3.8) is 0 Å². The Hall–Kier alpha value is -0.610. The van der Waals surface area contributed by atoms with Crippen LogP contribution in [0, 0.1) is 5.41 Å². The molecule has 0 aliphatic carbocycles. The summed E-state index contributed by atoms with van der Waals surface area (Å²) in [4.78, 5) is 11.0. The van der Waals surface area contributed by atoms with Gasteiger partial charge in [0.05, 0.1) is 5.41 Å². The van der Waals surface area contributed by atoms with Crippen molar-refractivity contribution in [2.24, 2.45) is 11.1 Å². The van der Waals surface area contributed by atoms with Crippen molar-refractivity contribution in [1.82, 2.24) is 0 Å². The van der Waals surface area contributed by atoms with Gasteiger partial charge >= 0.3 is 0 Å². The Morgan fingerprint density at radius 3 is 1.92 bits per heavy atom. The SMILES string of the molecule is CCC(CCO)(CCO)C(N)=O. The molecule has 0 bridgehead atoms. The fourth-order valence-corrected chi connectivity index (χ4v) is 1.33. The summed E-state index contributed by atoms with van der Waals surface area (Å²) in [5, 5.41) is 17.4. The normalized spacial score (nSPS) is 11.6. The Kier molecular flexibility index (Phi) is 4.85. The van der Waals surface area contributed by atoms with E-state index in [1.807, 2.05) is 6.92 Å². The Balaban J connectivity index is 4.39. The molecule has 0 aromatic rings. The lowest BCUT2D eigenvalue weighted by atomic mass is 9.78. The molecule has 0 aliphatic rings. The second kappa shape index (κ2) is 5.11. The molecule has 12 heavy (non-hydrogen) atoms. The highest BCUT2D eigenvalue weighted by atomic mass is 16.3. The second-order valence-corrected chi connectivity index (χ2v) is 2.95. The minimum absolute atomic E-state index is 0.0726. The zero-order chi connectivity index (χ0) is 9.61. The van der Waals surface area contributed by atoms with E-state index in [9.17, 15) is 4.79 Å². The predicted molar refractivity (Wildman–Crippen MR) is 45.3 cm³/mol. The van der Waals surface area contributed by atoms with Gasteiger partial charge in [-0.1, -0.05) is 6.92 Å². The average molecular weight is 175 g/mol. The maximum absolute atomic E-state index is 11.0. The third kappa shape index (κ3) is 2.46. The third-order valence-corrected chi connectivity index (χ3v) is 2.38. The van der Waals surface area contributed by atoms with Crippen molar-refractivity contribution >= 4 is 5.91 Å². The first-order chi connectivity index (χ1) is 5.63. The summed E-state index contributed by atoms with van der Waals surface area (Å²) in [6.45, 7) is 1.68. The van der Waals surface area contributed by atoms with Crippen LogP contribution in [0.1, 0.15) is 26.2 Å². The van der Waals surface area contributed by atoms with Crippen molar-refractivity contribution < 1.29 is 15.0 Å². The summed E-state index contributed by atoms with van der Waals surface area (Å²) in [5.74, 6) is -0.437. The predicted octanol–water partition coefficient (Wildman–Crippen LogP) is -0.367. The number of hydrogen-bond acceptors (Lipinski definition) is 3. The highest BCUT2D eigenvalue weighted by Gasteiger charge is 2.33. The Labute approximate surface area is 72.4 Å². The van der Waals surface area contributed by atoms with Crippen LogP contribution in [0.4, 0.5) is 0 Å². The lowest BCUT2D eigenvalue weighted by Gasteiger charge is -2.27. The van der Waals surface area contributed by atoms with Crippen LogP contribution in [0.5, 0.6) is 0 Å². The molecule has 0 aromatic heterocycles. The second-order valence-electron chi connectivity index (χ2n) is 2.95. The van der Waals surface area contributed by atoms with Crippen LogP contribution in [0.25, 0.3) is 0 Å². The first-order valence-electron chi connectivity index (χ1n) is 4.14. The van der Waals surface area contributed by atoms with Crippen molar-refractivity contribution in [3.05, 3.63) is 0 Å². The summed E-state index contributed by atoms with van der Waals surface area (Å²) < 4.78 is 0. The van der Waals surface area contributed by atoms with Crippen molar-refractivity contribution in [2.75, 3.05) is 13.2 Å². The fraction of sp³-hybridized carbons (Fsp3) is 0.875. The van der Waals surface area contributed by atoms with Crippen LogP contribution < -0.4 is 5.73 Å². The minimum Gasteiger partial charge on any atom is -0.396 e. The topological polar surface area (TPSA) is 83.6 Å². The number of carbonyl (C=O) groups is 1. The monoisotopic (exact) mass is 175 g/mol. The molecule has 4 heteroatoms. The fourth-order valence-electron chi connectivity index (χ4n) is 1.33. The van der Waals surface area contributed by atoms with E-state index >= 15 is 0 Å². The first-order valence-corrected chi connectivity index (χ1v) is 4.14. The number of amides is 1. The molecular weight excluding hydrogens is 158 g/mol. The standard InChI is InChI=1S/C8H17NO3/c1-2-8(3-5-10,4-6-11)7(9)12/h10-11H,2-6H2,1H3,(H2,9,12). The number of rotatable bonds is 6. The molecule has 0 atom stereocenters. The molecule has 72 valence electrons. The zero-order valence-corrected chi connectivity index (χ0v) is 7.42. The third-order valence-electron chi connectivity index (χ3n) is 2.38. The van der Waals surface area contributed by atoms with Crippen LogP contribution >= 0.6 is 0 Å². The molecule has 0 radical (unpaired) electrons. The van der Waals surface area contributed by atoms with Crippen LogP contribution in [-0.2, 0) is 4.79 Å². The van der Waals surface area contributed by atoms with Gasteiger partial charge in [-0.15, -0.1) is 0 Å². The molecule has 0 rings (SSSR count). The number of hydrogen-bond donors (Lipinski definition) is 3. The quantitative estimate of drug-likeness (QED) is 0.515. The van der Waals surface area contributed by atoms with Gasteiger partial charge in [0.2, 0.25) is 5.91 Å². The number of carbonyl (C=O) groups excluding carboxylic acids is 1. The average Bonchev–Trinajstić information content (AvgIpc) is 2.03. The van der Waals surface area contributed by atoms with Gasteiger partial charge in [0.25, 0.3) is 0 Å². The Bertz CT molecular complexity index is 141. The smallest absolute Gasteiger partial charge is 0.223 e. The molecule has 0 aliphatic heterocycles. The summed E-state index contributed by atoms with van der Waals surface area (Å²) in [7, 11) is 0. The number of aliphatic hydroxyl groups is 2. The van der Waals surface area contributed by atoms with Crippen molar-refractivity contribution in [3.8, 4) is 0 Å². The van der Waals surface area contributed by atoms with Gasteiger partial charge in [-0.3, -0.25) is 4.79 Å². The van der Waals surface area contributed by atoms with E-state index in [-0.39, 0.29) is 13.2 Å².